The van der Waals surface area contributed by atoms with Gasteiger partial charge in [0.15, 0.2) is 0 Å². The molecule has 0 unspecified atom stereocenters. The van der Waals surface area contributed by atoms with E-state index >= 15 is 0 Å². The van der Waals surface area contributed by atoms with Gasteiger partial charge in [-0.15, -0.1) is 0 Å². The summed E-state index contributed by atoms with van der Waals surface area (Å²) < 4.78 is 0.996. The van der Waals surface area contributed by atoms with Crippen molar-refractivity contribution < 1.29 is 28.5 Å². The van der Waals surface area contributed by atoms with Gasteiger partial charge in [-0.3, -0.25) is 0 Å². The van der Waals surface area contributed by atoms with Crippen molar-refractivity contribution in [1.82, 2.24) is 0 Å². The summed E-state index contributed by atoms with van der Waals surface area (Å²) in [5, 5.41) is 0. The van der Waals surface area contributed by atoms with E-state index in [-0.39, 0.29) is 24.0 Å². The Kier molecular flexibility index (Phi) is 6.44. The third-order valence-corrected chi connectivity index (χ3v) is 2.19. The number of quaternary nitrogens is 1. The SMILES string of the molecule is CCCc1cccc(C[N+](C)(C)C)c1.[I-]. The van der Waals surface area contributed by atoms with Crippen molar-refractivity contribution in [2.45, 2.75) is 26.3 Å². The highest BCUT2D eigenvalue weighted by atomic mass is 127. The molecule has 0 spiro atoms. The molecule has 0 aromatic heterocycles. The van der Waals surface area contributed by atoms with Gasteiger partial charge in [0, 0.05) is 5.56 Å². The summed E-state index contributed by atoms with van der Waals surface area (Å²) in [6.07, 6.45) is 2.43. The van der Waals surface area contributed by atoms with Crippen molar-refractivity contribution in [2.24, 2.45) is 0 Å². The lowest BCUT2D eigenvalue weighted by Crippen LogP contribution is -3.00. The predicted octanol–water partition coefficient (Wildman–Crippen LogP) is -0.151. The second kappa shape index (κ2) is 6.48. The zero-order valence-corrected chi connectivity index (χ0v) is 12.4. The number of rotatable bonds is 4. The van der Waals surface area contributed by atoms with Gasteiger partial charge in [-0.2, -0.15) is 0 Å². The summed E-state index contributed by atoms with van der Waals surface area (Å²) in [4.78, 5) is 0. The summed E-state index contributed by atoms with van der Waals surface area (Å²) >= 11 is 0. The molecule has 0 aliphatic rings. The normalized spacial score (nSPS) is 10.9. The molecule has 1 aromatic rings. The first kappa shape index (κ1) is 14.9. The fourth-order valence-electron chi connectivity index (χ4n) is 1.72. The van der Waals surface area contributed by atoms with Crippen molar-refractivity contribution in [3.8, 4) is 0 Å². The van der Waals surface area contributed by atoms with Crippen LogP contribution in [0.15, 0.2) is 24.3 Å². The minimum Gasteiger partial charge on any atom is -1.00 e. The summed E-state index contributed by atoms with van der Waals surface area (Å²) in [6.45, 7) is 3.34. The standard InChI is InChI=1S/C13H22N.HI/c1-5-7-12-8-6-9-13(10-12)11-14(2,3)4;/h6,8-10H,5,7,11H2,1-4H3;1H/q+1;/p-1. The van der Waals surface area contributed by atoms with E-state index in [9.17, 15) is 0 Å². The monoisotopic (exact) mass is 319 g/mol. The van der Waals surface area contributed by atoms with Crippen LogP contribution in [0.3, 0.4) is 0 Å². The maximum Gasteiger partial charge on any atom is 0.104 e. The van der Waals surface area contributed by atoms with Gasteiger partial charge in [-0.1, -0.05) is 37.6 Å². The number of hydrogen-bond donors (Lipinski definition) is 0. The van der Waals surface area contributed by atoms with Crippen molar-refractivity contribution in [3.05, 3.63) is 35.4 Å². The molecule has 1 rings (SSSR count). The molecule has 1 nitrogen and oxygen atoms in total. The van der Waals surface area contributed by atoms with Crippen LogP contribution < -0.4 is 24.0 Å². The molecule has 0 saturated carbocycles. The molecular weight excluding hydrogens is 297 g/mol. The van der Waals surface area contributed by atoms with Crippen molar-refractivity contribution in [1.29, 1.82) is 0 Å². The fourth-order valence-corrected chi connectivity index (χ4v) is 1.72. The van der Waals surface area contributed by atoms with E-state index in [2.05, 4.69) is 52.3 Å². The summed E-state index contributed by atoms with van der Waals surface area (Å²) in [5.41, 5.74) is 2.92. The number of halogens is 1. The molecule has 0 aliphatic carbocycles. The molecule has 0 radical (unpaired) electrons. The average Bonchev–Trinajstić information content (AvgIpc) is 2.02. The molecule has 0 amide bonds. The van der Waals surface area contributed by atoms with Gasteiger partial charge in [0.25, 0.3) is 0 Å². The first-order valence-corrected chi connectivity index (χ1v) is 5.39. The van der Waals surface area contributed by atoms with Crippen LogP contribution in [-0.2, 0) is 13.0 Å². The topological polar surface area (TPSA) is 0 Å². The maximum absolute atomic E-state index is 2.34. The number of nitrogens with zero attached hydrogens (tertiary/aromatic N) is 1. The molecule has 0 saturated heterocycles. The third kappa shape index (κ3) is 6.15. The zero-order valence-electron chi connectivity index (χ0n) is 10.3. The second-order valence-electron chi connectivity index (χ2n) is 5.02. The Morgan fingerprint density at radius 1 is 1.07 bits per heavy atom. The Balaban J connectivity index is 0.00000196. The van der Waals surface area contributed by atoms with Gasteiger partial charge in [-0.05, 0) is 12.0 Å². The van der Waals surface area contributed by atoms with Crippen molar-refractivity contribution in [2.75, 3.05) is 21.1 Å². The van der Waals surface area contributed by atoms with Crippen LogP contribution in [0.5, 0.6) is 0 Å². The van der Waals surface area contributed by atoms with Gasteiger partial charge >= 0.3 is 0 Å². The molecule has 2 heteroatoms. The predicted molar refractivity (Wildman–Crippen MR) is 62.2 cm³/mol. The smallest absolute Gasteiger partial charge is 0.104 e. The highest BCUT2D eigenvalue weighted by Crippen LogP contribution is 2.11. The molecule has 86 valence electrons. The summed E-state index contributed by atoms with van der Waals surface area (Å²) in [7, 11) is 6.69. The quantitative estimate of drug-likeness (QED) is 0.535. The molecular formula is C13H22IN. The molecule has 0 aliphatic heterocycles. The molecule has 0 atom stereocenters. The van der Waals surface area contributed by atoms with Gasteiger partial charge in [0.1, 0.15) is 6.54 Å². The number of aryl methyl sites for hydroxylation is 1. The second-order valence-corrected chi connectivity index (χ2v) is 5.02. The van der Waals surface area contributed by atoms with E-state index in [0.29, 0.717) is 0 Å². The first-order chi connectivity index (χ1) is 6.51. The number of benzene rings is 1. The van der Waals surface area contributed by atoms with Crippen LogP contribution in [0, 0.1) is 0 Å². The van der Waals surface area contributed by atoms with E-state index < -0.39 is 0 Å². The molecule has 15 heavy (non-hydrogen) atoms. The van der Waals surface area contributed by atoms with E-state index in [1.807, 2.05) is 0 Å². The van der Waals surface area contributed by atoms with Gasteiger partial charge in [0.05, 0.1) is 21.1 Å². The van der Waals surface area contributed by atoms with Crippen molar-refractivity contribution >= 4 is 0 Å². The minimum atomic E-state index is 0. The van der Waals surface area contributed by atoms with Crippen LogP contribution in [0.25, 0.3) is 0 Å². The first-order valence-electron chi connectivity index (χ1n) is 5.39. The Labute approximate surface area is 111 Å². The third-order valence-electron chi connectivity index (χ3n) is 2.19. The lowest BCUT2D eigenvalue weighted by Gasteiger charge is -2.24. The molecule has 0 bridgehead atoms. The van der Waals surface area contributed by atoms with E-state index in [4.69, 9.17) is 0 Å². The van der Waals surface area contributed by atoms with Gasteiger partial charge < -0.3 is 28.5 Å². The van der Waals surface area contributed by atoms with Crippen LogP contribution in [0.2, 0.25) is 0 Å². The number of hydrogen-bond acceptors (Lipinski definition) is 0. The molecule has 0 heterocycles. The summed E-state index contributed by atoms with van der Waals surface area (Å²) in [5.74, 6) is 0. The molecule has 0 fully saturated rings. The van der Waals surface area contributed by atoms with Crippen LogP contribution >= 0.6 is 0 Å². The van der Waals surface area contributed by atoms with Crippen LogP contribution in [0.4, 0.5) is 0 Å². The van der Waals surface area contributed by atoms with Crippen LogP contribution in [0.1, 0.15) is 24.5 Å². The van der Waals surface area contributed by atoms with Gasteiger partial charge in [0.2, 0.25) is 0 Å². The van der Waals surface area contributed by atoms with Crippen molar-refractivity contribution in [3.63, 3.8) is 0 Å². The Morgan fingerprint density at radius 2 is 1.67 bits per heavy atom. The maximum atomic E-state index is 2.34. The Bertz CT molecular complexity index is 289. The molecule has 1 aromatic carbocycles. The molecule has 0 N–H and O–H groups in total. The fraction of sp³-hybridized carbons (Fsp3) is 0.538. The highest BCUT2D eigenvalue weighted by Gasteiger charge is 2.08. The zero-order chi connectivity index (χ0) is 10.6. The minimum absolute atomic E-state index is 0. The lowest BCUT2D eigenvalue weighted by atomic mass is 10.1. The van der Waals surface area contributed by atoms with Crippen LogP contribution in [-0.4, -0.2) is 25.6 Å². The Morgan fingerprint density at radius 3 is 2.20 bits per heavy atom. The van der Waals surface area contributed by atoms with E-state index in [1.54, 1.807) is 0 Å². The Hall–Kier alpha value is -0.0900. The average molecular weight is 319 g/mol. The summed E-state index contributed by atoms with van der Waals surface area (Å²) in [6, 6.07) is 8.97. The van der Waals surface area contributed by atoms with Gasteiger partial charge in [-0.25, -0.2) is 0 Å². The largest absolute Gasteiger partial charge is 1.00 e. The highest BCUT2D eigenvalue weighted by molar-refractivity contribution is 5.22. The van der Waals surface area contributed by atoms with E-state index in [1.165, 1.54) is 24.0 Å². The van der Waals surface area contributed by atoms with E-state index in [0.717, 1.165) is 11.0 Å². The lowest BCUT2D eigenvalue weighted by molar-refractivity contribution is -0.884.